The Hall–Kier alpha value is -1.31. The zero-order valence-electron chi connectivity index (χ0n) is 11.7. The summed E-state index contributed by atoms with van der Waals surface area (Å²) in [4.78, 5) is 10.7. The van der Waals surface area contributed by atoms with Gasteiger partial charge in [0.2, 0.25) is 5.91 Å². The Kier molecular flexibility index (Phi) is 8.12. The van der Waals surface area contributed by atoms with Gasteiger partial charge in [-0.3, -0.25) is 4.79 Å². The van der Waals surface area contributed by atoms with Crippen LogP contribution in [0.25, 0.3) is 0 Å². The molecule has 17 heavy (non-hydrogen) atoms. The van der Waals surface area contributed by atoms with E-state index >= 15 is 0 Å². The number of carbonyl (C=O) groups excluding carboxylic acids is 1. The number of carbonyl (C=O) groups is 1. The summed E-state index contributed by atoms with van der Waals surface area (Å²) in [6, 6.07) is 10.4. The molecule has 1 amide bonds. The summed E-state index contributed by atoms with van der Waals surface area (Å²) in [5.41, 5.74) is 1.25. The van der Waals surface area contributed by atoms with E-state index in [2.05, 4.69) is 38.2 Å². The highest BCUT2D eigenvalue weighted by Crippen LogP contribution is 2.02. The van der Waals surface area contributed by atoms with Crippen molar-refractivity contribution in [1.29, 1.82) is 0 Å². The van der Waals surface area contributed by atoms with Crippen molar-refractivity contribution in [3.63, 3.8) is 0 Å². The topological polar surface area (TPSA) is 29.1 Å². The summed E-state index contributed by atoms with van der Waals surface area (Å²) >= 11 is 0. The molecule has 0 heterocycles. The maximum absolute atomic E-state index is 10.7. The zero-order valence-corrected chi connectivity index (χ0v) is 11.7. The molecule has 0 saturated carbocycles. The molecule has 1 atom stereocenters. The molecule has 0 radical (unpaired) electrons. The molecule has 1 unspecified atom stereocenters. The first-order chi connectivity index (χ1) is 7.91. The van der Waals surface area contributed by atoms with Gasteiger partial charge in [-0.15, -0.1) is 0 Å². The summed E-state index contributed by atoms with van der Waals surface area (Å²) < 4.78 is 0. The standard InChI is InChI=1S/C11H15NO.C4H10/c1-9(12-10(2)13)8-11-6-4-3-5-7-11;1-4(2)3/h3-7,9H,8H2,1-2H3,(H,12,13);4H,1-3H3. The van der Waals surface area contributed by atoms with Crippen molar-refractivity contribution in [1.82, 2.24) is 5.32 Å². The van der Waals surface area contributed by atoms with Crippen LogP contribution < -0.4 is 5.32 Å². The largest absolute Gasteiger partial charge is 0.354 e. The van der Waals surface area contributed by atoms with Crippen molar-refractivity contribution in [3.8, 4) is 0 Å². The van der Waals surface area contributed by atoms with Crippen molar-refractivity contribution in [2.45, 2.75) is 47.1 Å². The van der Waals surface area contributed by atoms with Crippen LogP contribution in [-0.4, -0.2) is 11.9 Å². The van der Waals surface area contributed by atoms with E-state index in [1.54, 1.807) is 6.92 Å². The number of hydrogen-bond acceptors (Lipinski definition) is 1. The summed E-state index contributed by atoms with van der Waals surface area (Å²) in [6.07, 6.45) is 0.889. The molecule has 0 aromatic heterocycles. The fourth-order valence-corrected chi connectivity index (χ4v) is 1.37. The van der Waals surface area contributed by atoms with Crippen LogP contribution in [0.2, 0.25) is 0 Å². The van der Waals surface area contributed by atoms with E-state index in [0.717, 1.165) is 12.3 Å². The minimum absolute atomic E-state index is 0.0310. The molecule has 0 spiro atoms. The van der Waals surface area contributed by atoms with Crippen molar-refractivity contribution in [2.75, 3.05) is 0 Å². The lowest BCUT2D eigenvalue weighted by Gasteiger charge is -2.11. The van der Waals surface area contributed by atoms with Crippen molar-refractivity contribution >= 4 is 5.91 Å². The van der Waals surface area contributed by atoms with Crippen LogP contribution in [0, 0.1) is 5.92 Å². The van der Waals surface area contributed by atoms with Crippen molar-refractivity contribution in [2.24, 2.45) is 5.92 Å². The molecule has 2 nitrogen and oxygen atoms in total. The second-order valence-corrected chi connectivity index (χ2v) is 5.02. The van der Waals surface area contributed by atoms with Crippen LogP contribution in [0.15, 0.2) is 30.3 Å². The zero-order chi connectivity index (χ0) is 13.3. The van der Waals surface area contributed by atoms with Crippen molar-refractivity contribution < 1.29 is 4.79 Å². The number of rotatable bonds is 3. The minimum atomic E-state index is 0.0310. The lowest BCUT2D eigenvalue weighted by atomic mass is 10.1. The smallest absolute Gasteiger partial charge is 0.217 e. The molecule has 1 aromatic carbocycles. The van der Waals surface area contributed by atoms with Gasteiger partial charge >= 0.3 is 0 Å². The molecule has 1 rings (SSSR count). The van der Waals surface area contributed by atoms with E-state index in [1.165, 1.54) is 5.56 Å². The Balaban J connectivity index is 0.000000557. The predicted molar refractivity (Wildman–Crippen MR) is 73.9 cm³/mol. The van der Waals surface area contributed by atoms with E-state index in [1.807, 2.05) is 25.1 Å². The highest BCUT2D eigenvalue weighted by molar-refractivity contribution is 5.73. The molecule has 0 fully saturated rings. The molecule has 0 aliphatic rings. The lowest BCUT2D eigenvalue weighted by Crippen LogP contribution is -2.31. The third kappa shape index (κ3) is 11.0. The number of benzene rings is 1. The number of amides is 1. The van der Waals surface area contributed by atoms with Gasteiger partial charge in [0.15, 0.2) is 0 Å². The molecule has 1 N–H and O–H groups in total. The van der Waals surface area contributed by atoms with Gasteiger partial charge in [0, 0.05) is 13.0 Å². The van der Waals surface area contributed by atoms with Crippen LogP contribution in [0.5, 0.6) is 0 Å². The van der Waals surface area contributed by atoms with Crippen LogP contribution in [0.1, 0.15) is 40.2 Å². The minimum Gasteiger partial charge on any atom is -0.354 e. The normalized spacial score (nSPS) is 11.4. The number of hydrogen-bond donors (Lipinski definition) is 1. The maximum Gasteiger partial charge on any atom is 0.217 e. The Morgan fingerprint density at radius 3 is 2.00 bits per heavy atom. The van der Waals surface area contributed by atoms with Crippen LogP contribution in [0.3, 0.4) is 0 Å². The van der Waals surface area contributed by atoms with Gasteiger partial charge in [0.05, 0.1) is 0 Å². The summed E-state index contributed by atoms with van der Waals surface area (Å²) in [6.45, 7) is 10.1. The van der Waals surface area contributed by atoms with Gasteiger partial charge < -0.3 is 5.32 Å². The van der Waals surface area contributed by atoms with Gasteiger partial charge in [-0.05, 0) is 24.8 Å². The van der Waals surface area contributed by atoms with E-state index in [9.17, 15) is 4.79 Å². The average molecular weight is 235 g/mol. The summed E-state index contributed by atoms with van der Waals surface area (Å²) in [5.74, 6) is 0.864. The van der Waals surface area contributed by atoms with E-state index in [-0.39, 0.29) is 11.9 Å². The average Bonchev–Trinajstić information content (AvgIpc) is 2.16. The monoisotopic (exact) mass is 235 g/mol. The fourth-order valence-electron chi connectivity index (χ4n) is 1.37. The highest BCUT2D eigenvalue weighted by Gasteiger charge is 2.03. The molecule has 0 aliphatic carbocycles. The Bertz CT molecular complexity index is 303. The predicted octanol–water partition coefficient (Wildman–Crippen LogP) is 3.42. The fraction of sp³-hybridized carbons (Fsp3) is 0.533. The lowest BCUT2D eigenvalue weighted by molar-refractivity contribution is -0.119. The molecule has 1 aromatic rings. The first-order valence-electron chi connectivity index (χ1n) is 6.22. The Morgan fingerprint density at radius 1 is 1.12 bits per heavy atom. The third-order valence-corrected chi connectivity index (χ3v) is 1.83. The van der Waals surface area contributed by atoms with Crippen LogP contribution in [-0.2, 0) is 11.2 Å². The van der Waals surface area contributed by atoms with E-state index in [0.29, 0.717) is 0 Å². The highest BCUT2D eigenvalue weighted by atomic mass is 16.1. The van der Waals surface area contributed by atoms with Crippen molar-refractivity contribution in [3.05, 3.63) is 35.9 Å². The van der Waals surface area contributed by atoms with Crippen LogP contribution >= 0.6 is 0 Å². The number of nitrogens with one attached hydrogen (secondary N) is 1. The molecule has 96 valence electrons. The summed E-state index contributed by atoms with van der Waals surface area (Å²) in [5, 5.41) is 2.85. The van der Waals surface area contributed by atoms with Gasteiger partial charge in [-0.25, -0.2) is 0 Å². The molecule has 0 saturated heterocycles. The second-order valence-electron chi connectivity index (χ2n) is 5.02. The van der Waals surface area contributed by atoms with E-state index in [4.69, 9.17) is 0 Å². The summed E-state index contributed by atoms with van der Waals surface area (Å²) in [7, 11) is 0. The first-order valence-corrected chi connectivity index (χ1v) is 6.22. The second kappa shape index (κ2) is 8.80. The first kappa shape index (κ1) is 15.7. The molecular weight excluding hydrogens is 210 g/mol. The molecular formula is C15H25NO. The van der Waals surface area contributed by atoms with Gasteiger partial charge in [0.1, 0.15) is 0 Å². The molecule has 2 heteroatoms. The maximum atomic E-state index is 10.7. The molecule has 0 bridgehead atoms. The van der Waals surface area contributed by atoms with Gasteiger partial charge in [0.25, 0.3) is 0 Å². The van der Waals surface area contributed by atoms with Gasteiger partial charge in [-0.2, -0.15) is 0 Å². The quantitative estimate of drug-likeness (QED) is 0.854. The Morgan fingerprint density at radius 2 is 1.59 bits per heavy atom. The van der Waals surface area contributed by atoms with Gasteiger partial charge in [-0.1, -0.05) is 51.1 Å². The SMILES string of the molecule is CC(=O)NC(C)Cc1ccccc1.CC(C)C. The Labute approximate surface area is 105 Å². The third-order valence-electron chi connectivity index (χ3n) is 1.83. The van der Waals surface area contributed by atoms with E-state index < -0.39 is 0 Å². The molecule has 0 aliphatic heterocycles. The van der Waals surface area contributed by atoms with Crippen LogP contribution in [0.4, 0.5) is 0 Å².